The number of para-hydroxylation sites is 1. The van der Waals surface area contributed by atoms with Gasteiger partial charge in [0.1, 0.15) is 0 Å². The largest absolute Gasteiger partial charge is 0.449 e. The Morgan fingerprint density at radius 1 is 1.06 bits per heavy atom. The molecule has 0 saturated carbocycles. The zero-order chi connectivity index (χ0) is 26.0. The van der Waals surface area contributed by atoms with E-state index >= 15 is 0 Å². The van der Waals surface area contributed by atoms with Gasteiger partial charge < -0.3 is 10.5 Å². The smallest absolute Gasteiger partial charge is 0.339 e. The minimum atomic E-state index is -1.19. The van der Waals surface area contributed by atoms with E-state index in [4.69, 9.17) is 15.5 Å². The average Bonchev–Trinajstić information content (AvgIpc) is 2.82. The summed E-state index contributed by atoms with van der Waals surface area (Å²) in [6, 6.07) is 14.9. The number of urea groups is 1. The number of nitrogens with one attached hydrogen (secondary N) is 1. The summed E-state index contributed by atoms with van der Waals surface area (Å²) >= 11 is 0. The maximum Gasteiger partial charge on any atom is 0.339 e. The van der Waals surface area contributed by atoms with Crippen LogP contribution in [0.1, 0.15) is 73.3 Å². The lowest BCUT2D eigenvalue weighted by atomic mass is 9.85. The van der Waals surface area contributed by atoms with Crippen molar-refractivity contribution in [2.24, 2.45) is 5.73 Å². The Hall–Kier alpha value is -4.00. The normalized spacial score (nSPS) is 15.3. The van der Waals surface area contributed by atoms with Crippen LogP contribution in [-0.2, 0) is 21.4 Å². The standard InChI is InChI=1S/C29H31N3O4/c1-17(26(33)32-28(30)35)36-27(34)24-21-9-5-6-11-23(21)31-25-19(8-7-10-22(24)25)16-18-12-14-20(15-13-18)29(2,3)4/h5-6,9,11-17H,7-8,10H2,1-4H3,(H3,30,32,33,35). The fraction of sp³-hybridized carbons (Fsp3) is 0.310. The highest BCUT2D eigenvalue weighted by Gasteiger charge is 2.28. The topological polar surface area (TPSA) is 111 Å². The van der Waals surface area contributed by atoms with Crippen LogP contribution < -0.4 is 11.1 Å². The molecule has 0 aliphatic heterocycles. The highest BCUT2D eigenvalue weighted by atomic mass is 16.5. The number of amides is 3. The van der Waals surface area contributed by atoms with Gasteiger partial charge in [0.25, 0.3) is 5.91 Å². The first kappa shape index (κ1) is 25.1. The van der Waals surface area contributed by atoms with Crippen molar-refractivity contribution in [3.05, 3.63) is 76.5 Å². The van der Waals surface area contributed by atoms with Crippen molar-refractivity contribution >= 4 is 40.5 Å². The van der Waals surface area contributed by atoms with Gasteiger partial charge in [-0.3, -0.25) is 10.1 Å². The first-order chi connectivity index (χ1) is 17.0. The van der Waals surface area contributed by atoms with Crippen molar-refractivity contribution in [1.29, 1.82) is 0 Å². The van der Waals surface area contributed by atoms with Gasteiger partial charge in [-0.15, -0.1) is 0 Å². The van der Waals surface area contributed by atoms with E-state index in [-0.39, 0.29) is 5.41 Å². The lowest BCUT2D eigenvalue weighted by Gasteiger charge is -2.23. The third-order valence-corrected chi connectivity index (χ3v) is 6.39. The molecule has 2 aromatic carbocycles. The first-order valence-electron chi connectivity index (χ1n) is 12.1. The number of fused-ring (bicyclic) bond motifs is 2. The number of rotatable bonds is 4. The monoisotopic (exact) mass is 485 g/mol. The molecule has 3 amide bonds. The molecule has 7 nitrogen and oxygen atoms in total. The number of nitrogens with zero attached hydrogens (tertiary/aromatic N) is 1. The van der Waals surface area contributed by atoms with E-state index in [1.165, 1.54) is 12.5 Å². The number of hydrogen-bond acceptors (Lipinski definition) is 5. The number of hydrogen-bond donors (Lipinski definition) is 2. The number of benzene rings is 2. The van der Waals surface area contributed by atoms with Gasteiger partial charge in [0.15, 0.2) is 6.10 Å². The Morgan fingerprint density at radius 3 is 2.42 bits per heavy atom. The molecular weight excluding hydrogens is 454 g/mol. The number of imide groups is 1. The number of primary amides is 1. The van der Waals surface area contributed by atoms with E-state index in [1.807, 2.05) is 29.6 Å². The van der Waals surface area contributed by atoms with Crippen LogP contribution in [0.2, 0.25) is 0 Å². The predicted molar refractivity (Wildman–Crippen MR) is 140 cm³/mol. The molecule has 1 aliphatic rings. The number of carbonyl (C=O) groups excluding carboxylic acids is 3. The Labute approximate surface area is 210 Å². The van der Waals surface area contributed by atoms with Gasteiger partial charge in [-0.25, -0.2) is 14.6 Å². The van der Waals surface area contributed by atoms with Gasteiger partial charge in [-0.2, -0.15) is 0 Å². The molecule has 1 atom stereocenters. The predicted octanol–water partition coefficient (Wildman–Crippen LogP) is 5.15. The van der Waals surface area contributed by atoms with Gasteiger partial charge in [0.05, 0.1) is 16.8 Å². The average molecular weight is 486 g/mol. The minimum Gasteiger partial charge on any atom is -0.449 e. The molecule has 3 aromatic rings. The van der Waals surface area contributed by atoms with Crippen molar-refractivity contribution in [3.63, 3.8) is 0 Å². The van der Waals surface area contributed by atoms with Gasteiger partial charge in [-0.05, 0) is 66.0 Å². The summed E-state index contributed by atoms with van der Waals surface area (Å²) in [5.74, 6) is -1.41. The van der Waals surface area contributed by atoms with Gasteiger partial charge in [0.2, 0.25) is 0 Å². The van der Waals surface area contributed by atoms with Crippen LogP contribution in [0.5, 0.6) is 0 Å². The van der Waals surface area contributed by atoms with Crippen LogP contribution in [-0.4, -0.2) is 29.0 Å². The quantitative estimate of drug-likeness (QED) is 0.497. The van der Waals surface area contributed by atoms with Crippen LogP contribution >= 0.6 is 0 Å². The lowest BCUT2D eigenvalue weighted by molar-refractivity contribution is -0.127. The summed E-state index contributed by atoms with van der Waals surface area (Å²) < 4.78 is 5.47. The fourth-order valence-electron chi connectivity index (χ4n) is 4.48. The Bertz CT molecular complexity index is 1370. The van der Waals surface area contributed by atoms with E-state index in [0.717, 1.165) is 35.2 Å². The summed E-state index contributed by atoms with van der Waals surface area (Å²) in [5, 5.41) is 2.61. The molecule has 1 aliphatic carbocycles. The van der Waals surface area contributed by atoms with Crippen LogP contribution in [0.3, 0.4) is 0 Å². The third-order valence-electron chi connectivity index (χ3n) is 6.39. The molecule has 0 saturated heterocycles. The molecule has 3 N–H and O–H groups in total. The summed E-state index contributed by atoms with van der Waals surface area (Å²) in [4.78, 5) is 41.4. The molecule has 0 bridgehead atoms. The summed E-state index contributed by atoms with van der Waals surface area (Å²) in [7, 11) is 0. The van der Waals surface area contributed by atoms with Gasteiger partial charge >= 0.3 is 12.0 Å². The molecular formula is C29H31N3O4. The Kier molecular flexibility index (Phi) is 6.93. The third kappa shape index (κ3) is 5.30. The molecule has 4 rings (SSSR count). The fourth-order valence-corrected chi connectivity index (χ4v) is 4.48. The number of esters is 1. The van der Waals surface area contributed by atoms with Crippen molar-refractivity contribution in [2.45, 2.75) is 58.5 Å². The van der Waals surface area contributed by atoms with Crippen LogP contribution in [0, 0.1) is 0 Å². The molecule has 186 valence electrons. The molecule has 0 radical (unpaired) electrons. The molecule has 0 spiro atoms. The van der Waals surface area contributed by atoms with Crippen LogP contribution in [0.25, 0.3) is 22.6 Å². The Balaban J connectivity index is 1.76. The number of ether oxygens (including phenoxy) is 1. The summed E-state index contributed by atoms with van der Waals surface area (Å²) in [6.07, 6.45) is 3.30. The Morgan fingerprint density at radius 2 is 1.75 bits per heavy atom. The first-order valence-corrected chi connectivity index (χ1v) is 12.1. The number of pyridine rings is 1. The van der Waals surface area contributed by atoms with E-state index in [1.54, 1.807) is 0 Å². The second-order valence-corrected chi connectivity index (χ2v) is 10.1. The molecule has 1 heterocycles. The van der Waals surface area contributed by atoms with Crippen molar-refractivity contribution in [2.75, 3.05) is 0 Å². The molecule has 1 unspecified atom stereocenters. The maximum atomic E-state index is 13.4. The van der Waals surface area contributed by atoms with Crippen molar-refractivity contribution in [3.8, 4) is 0 Å². The number of allylic oxidation sites excluding steroid dienone is 1. The zero-order valence-electron chi connectivity index (χ0n) is 21.1. The number of aromatic nitrogens is 1. The highest BCUT2D eigenvalue weighted by molar-refractivity contribution is 6.07. The second kappa shape index (κ2) is 9.93. The highest BCUT2D eigenvalue weighted by Crippen LogP contribution is 2.36. The minimum absolute atomic E-state index is 0.0737. The molecule has 7 heteroatoms. The zero-order valence-corrected chi connectivity index (χ0v) is 21.1. The van der Waals surface area contributed by atoms with E-state index < -0.39 is 24.0 Å². The van der Waals surface area contributed by atoms with Crippen LogP contribution in [0.15, 0.2) is 48.5 Å². The lowest BCUT2D eigenvalue weighted by Crippen LogP contribution is -2.42. The second-order valence-electron chi connectivity index (χ2n) is 10.1. The maximum absolute atomic E-state index is 13.4. The molecule has 36 heavy (non-hydrogen) atoms. The number of carbonyl (C=O) groups is 3. The van der Waals surface area contributed by atoms with Gasteiger partial charge in [0, 0.05) is 5.39 Å². The van der Waals surface area contributed by atoms with E-state index in [2.05, 4.69) is 51.1 Å². The SMILES string of the molecule is CC(OC(=O)c1c2c(nc3ccccc13)C(=Cc1ccc(C(C)(C)C)cc1)CCC2)C(=O)NC(N)=O. The van der Waals surface area contributed by atoms with Gasteiger partial charge in [-0.1, -0.05) is 63.2 Å². The van der Waals surface area contributed by atoms with Crippen molar-refractivity contribution in [1.82, 2.24) is 10.3 Å². The molecule has 0 fully saturated rings. The van der Waals surface area contributed by atoms with E-state index in [0.29, 0.717) is 22.9 Å². The number of nitrogens with two attached hydrogens (primary N) is 1. The van der Waals surface area contributed by atoms with Crippen LogP contribution in [0.4, 0.5) is 4.79 Å². The van der Waals surface area contributed by atoms with Crippen molar-refractivity contribution < 1.29 is 19.1 Å². The summed E-state index contributed by atoms with van der Waals surface area (Å²) in [5.41, 5.74) is 11.2. The molecule has 1 aromatic heterocycles. The van der Waals surface area contributed by atoms with E-state index in [9.17, 15) is 14.4 Å². The summed E-state index contributed by atoms with van der Waals surface area (Å²) in [6.45, 7) is 7.96.